The van der Waals surface area contributed by atoms with Gasteiger partial charge in [0.1, 0.15) is 0 Å². The van der Waals surface area contributed by atoms with Crippen LogP contribution in [0, 0.1) is 0 Å². The van der Waals surface area contributed by atoms with Crippen LogP contribution >= 0.6 is 15.9 Å². The SMILES string of the molecule is CCCCc1ccc(NC(=O)c2ccoc2Br)cc1. The molecule has 1 heterocycles. The number of anilines is 1. The fourth-order valence-electron chi connectivity index (χ4n) is 1.79. The molecule has 3 nitrogen and oxygen atoms in total. The van der Waals surface area contributed by atoms with Crippen LogP contribution in [0.1, 0.15) is 35.7 Å². The highest BCUT2D eigenvalue weighted by atomic mass is 79.9. The first kappa shape index (κ1) is 13.9. The Bertz CT molecular complexity index is 546. The lowest BCUT2D eigenvalue weighted by Crippen LogP contribution is -2.11. The highest BCUT2D eigenvalue weighted by Crippen LogP contribution is 2.19. The largest absolute Gasteiger partial charge is 0.457 e. The molecule has 2 aromatic rings. The van der Waals surface area contributed by atoms with E-state index in [0.29, 0.717) is 10.2 Å². The van der Waals surface area contributed by atoms with Gasteiger partial charge in [0, 0.05) is 5.69 Å². The lowest BCUT2D eigenvalue weighted by Gasteiger charge is -2.05. The van der Waals surface area contributed by atoms with E-state index in [1.54, 1.807) is 6.07 Å². The predicted octanol–water partition coefficient (Wildman–Crippen LogP) is 4.64. The first-order valence-electron chi connectivity index (χ1n) is 6.34. The van der Waals surface area contributed by atoms with Crippen LogP contribution in [0.25, 0.3) is 0 Å². The Morgan fingerprint density at radius 3 is 2.58 bits per heavy atom. The third-order valence-corrected chi connectivity index (χ3v) is 3.51. The molecule has 0 aliphatic rings. The van der Waals surface area contributed by atoms with Crippen LogP contribution in [-0.4, -0.2) is 5.91 Å². The number of aryl methyl sites for hydroxylation is 1. The zero-order chi connectivity index (χ0) is 13.7. The highest BCUT2D eigenvalue weighted by molar-refractivity contribution is 9.10. The Balaban J connectivity index is 2.00. The van der Waals surface area contributed by atoms with Gasteiger partial charge in [0.2, 0.25) is 0 Å². The topological polar surface area (TPSA) is 42.2 Å². The number of benzene rings is 1. The van der Waals surface area contributed by atoms with Crippen molar-refractivity contribution in [2.75, 3.05) is 5.32 Å². The van der Waals surface area contributed by atoms with Crippen molar-refractivity contribution < 1.29 is 9.21 Å². The van der Waals surface area contributed by atoms with E-state index in [1.807, 2.05) is 12.1 Å². The molecular weight excluding hydrogens is 306 g/mol. The Labute approximate surface area is 121 Å². The Morgan fingerprint density at radius 2 is 2.00 bits per heavy atom. The summed E-state index contributed by atoms with van der Waals surface area (Å²) in [4.78, 5) is 12.0. The molecule has 1 amide bonds. The van der Waals surface area contributed by atoms with Crippen molar-refractivity contribution >= 4 is 27.5 Å². The van der Waals surface area contributed by atoms with Crippen molar-refractivity contribution in [3.63, 3.8) is 0 Å². The van der Waals surface area contributed by atoms with Gasteiger partial charge in [-0.15, -0.1) is 0 Å². The number of hydrogen-bond acceptors (Lipinski definition) is 2. The normalized spacial score (nSPS) is 10.4. The van der Waals surface area contributed by atoms with Gasteiger partial charge in [0.15, 0.2) is 4.67 Å². The van der Waals surface area contributed by atoms with Crippen LogP contribution in [-0.2, 0) is 6.42 Å². The van der Waals surface area contributed by atoms with E-state index < -0.39 is 0 Å². The number of nitrogens with one attached hydrogen (secondary N) is 1. The van der Waals surface area contributed by atoms with Crippen molar-refractivity contribution in [2.45, 2.75) is 26.2 Å². The van der Waals surface area contributed by atoms with Crippen molar-refractivity contribution in [1.29, 1.82) is 0 Å². The van der Waals surface area contributed by atoms with Crippen LogP contribution in [0.3, 0.4) is 0 Å². The third kappa shape index (κ3) is 3.70. The summed E-state index contributed by atoms with van der Waals surface area (Å²) >= 11 is 3.19. The van der Waals surface area contributed by atoms with Gasteiger partial charge in [-0.05, 0) is 52.5 Å². The minimum atomic E-state index is -0.179. The molecule has 0 aliphatic heterocycles. The van der Waals surface area contributed by atoms with Crippen molar-refractivity contribution in [3.8, 4) is 0 Å². The summed E-state index contributed by atoms with van der Waals surface area (Å²) in [7, 11) is 0. The molecule has 0 aliphatic carbocycles. The van der Waals surface area contributed by atoms with E-state index >= 15 is 0 Å². The van der Waals surface area contributed by atoms with Crippen molar-refractivity contribution in [3.05, 3.63) is 52.4 Å². The number of unbranched alkanes of at least 4 members (excludes halogenated alkanes) is 1. The molecule has 0 unspecified atom stereocenters. The molecule has 0 atom stereocenters. The number of furan rings is 1. The Morgan fingerprint density at radius 1 is 1.26 bits per heavy atom. The summed E-state index contributed by atoms with van der Waals surface area (Å²) in [6, 6.07) is 9.59. The quantitative estimate of drug-likeness (QED) is 0.871. The number of rotatable bonds is 5. The van der Waals surface area contributed by atoms with E-state index in [2.05, 4.69) is 40.3 Å². The van der Waals surface area contributed by atoms with Gasteiger partial charge in [0.25, 0.3) is 5.91 Å². The van der Waals surface area contributed by atoms with Gasteiger partial charge in [-0.25, -0.2) is 0 Å². The molecule has 100 valence electrons. The second kappa shape index (κ2) is 6.57. The van der Waals surface area contributed by atoms with Crippen LogP contribution in [0.15, 0.2) is 45.7 Å². The fourth-order valence-corrected chi connectivity index (χ4v) is 2.21. The fraction of sp³-hybridized carbons (Fsp3) is 0.267. The van der Waals surface area contributed by atoms with Gasteiger partial charge in [0.05, 0.1) is 11.8 Å². The maximum atomic E-state index is 12.0. The average Bonchev–Trinajstić information content (AvgIpc) is 2.84. The van der Waals surface area contributed by atoms with Crippen molar-refractivity contribution in [1.82, 2.24) is 0 Å². The number of amides is 1. The average molecular weight is 322 g/mol. The second-order valence-electron chi connectivity index (χ2n) is 4.36. The first-order valence-corrected chi connectivity index (χ1v) is 7.13. The number of halogens is 1. The Kier molecular flexibility index (Phi) is 4.80. The van der Waals surface area contributed by atoms with E-state index in [9.17, 15) is 4.79 Å². The second-order valence-corrected chi connectivity index (χ2v) is 5.08. The van der Waals surface area contributed by atoms with Crippen LogP contribution in [0.4, 0.5) is 5.69 Å². The smallest absolute Gasteiger partial charge is 0.260 e. The lowest BCUT2D eigenvalue weighted by atomic mass is 10.1. The van der Waals surface area contributed by atoms with E-state index in [0.717, 1.165) is 12.1 Å². The molecule has 0 saturated heterocycles. The summed E-state index contributed by atoms with van der Waals surface area (Å²) in [5.41, 5.74) is 2.58. The van der Waals surface area contributed by atoms with Gasteiger partial charge in [-0.2, -0.15) is 0 Å². The summed E-state index contributed by atoms with van der Waals surface area (Å²) in [6.07, 6.45) is 4.94. The molecule has 1 aromatic carbocycles. The summed E-state index contributed by atoms with van der Waals surface area (Å²) in [6.45, 7) is 2.18. The van der Waals surface area contributed by atoms with Gasteiger partial charge in [-0.1, -0.05) is 25.5 Å². The molecule has 0 fully saturated rings. The number of carbonyl (C=O) groups is 1. The number of carbonyl (C=O) groups excluding carboxylic acids is 1. The van der Waals surface area contributed by atoms with E-state index in [1.165, 1.54) is 24.7 Å². The third-order valence-electron chi connectivity index (χ3n) is 2.89. The molecular formula is C15H16BrNO2. The van der Waals surface area contributed by atoms with Gasteiger partial charge in [-0.3, -0.25) is 4.79 Å². The first-order chi connectivity index (χ1) is 9.20. The monoisotopic (exact) mass is 321 g/mol. The van der Waals surface area contributed by atoms with E-state index in [-0.39, 0.29) is 5.91 Å². The molecule has 1 N–H and O–H groups in total. The van der Waals surface area contributed by atoms with E-state index in [4.69, 9.17) is 4.42 Å². The van der Waals surface area contributed by atoms with Gasteiger partial charge < -0.3 is 9.73 Å². The molecule has 2 rings (SSSR count). The molecule has 0 radical (unpaired) electrons. The molecule has 0 saturated carbocycles. The molecule has 19 heavy (non-hydrogen) atoms. The molecule has 4 heteroatoms. The molecule has 0 spiro atoms. The lowest BCUT2D eigenvalue weighted by molar-refractivity contribution is 0.102. The molecule has 1 aromatic heterocycles. The minimum Gasteiger partial charge on any atom is -0.457 e. The Hall–Kier alpha value is -1.55. The maximum absolute atomic E-state index is 12.0. The zero-order valence-corrected chi connectivity index (χ0v) is 12.4. The number of hydrogen-bond donors (Lipinski definition) is 1. The van der Waals surface area contributed by atoms with Crippen LogP contribution in [0.5, 0.6) is 0 Å². The summed E-state index contributed by atoms with van der Waals surface area (Å²) in [5, 5.41) is 2.84. The minimum absolute atomic E-state index is 0.179. The van der Waals surface area contributed by atoms with Crippen LogP contribution < -0.4 is 5.32 Å². The highest BCUT2D eigenvalue weighted by Gasteiger charge is 2.12. The molecule has 0 bridgehead atoms. The predicted molar refractivity (Wildman–Crippen MR) is 79.4 cm³/mol. The zero-order valence-electron chi connectivity index (χ0n) is 10.8. The standard InChI is InChI=1S/C15H16BrNO2/c1-2-3-4-11-5-7-12(8-6-11)17-15(18)13-9-10-19-14(13)16/h5-10H,2-4H2,1H3,(H,17,18). The maximum Gasteiger partial charge on any atom is 0.260 e. The summed E-state index contributed by atoms with van der Waals surface area (Å²) in [5.74, 6) is -0.179. The van der Waals surface area contributed by atoms with Crippen LogP contribution in [0.2, 0.25) is 0 Å². The summed E-state index contributed by atoms with van der Waals surface area (Å²) < 4.78 is 5.49. The van der Waals surface area contributed by atoms with Gasteiger partial charge >= 0.3 is 0 Å². The van der Waals surface area contributed by atoms with Crippen molar-refractivity contribution in [2.24, 2.45) is 0 Å².